The third-order valence-corrected chi connectivity index (χ3v) is 6.27. The average molecular weight is 487 g/mol. The molecule has 0 saturated carbocycles. The number of aromatic nitrogens is 2. The van der Waals surface area contributed by atoms with Crippen LogP contribution >= 0.6 is 0 Å². The Bertz CT molecular complexity index is 1440. The van der Waals surface area contributed by atoms with Crippen molar-refractivity contribution in [2.24, 2.45) is 0 Å². The van der Waals surface area contributed by atoms with Crippen molar-refractivity contribution in [1.82, 2.24) is 14.5 Å². The van der Waals surface area contributed by atoms with Crippen LogP contribution in [0.3, 0.4) is 0 Å². The molecule has 0 radical (unpaired) electrons. The number of benzene rings is 1. The molecule has 9 heteroatoms. The molecule has 0 N–H and O–H groups in total. The van der Waals surface area contributed by atoms with Gasteiger partial charge < -0.3 is 19.0 Å². The zero-order valence-electron chi connectivity index (χ0n) is 19.9. The molecule has 0 spiro atoms. The lowest BCUT2D eigenvalue weighted by atomic mass is 10.1. The van der Waals surface area contributed by atoms with Crippen molar-refractivity contribution in [1.29, 1.82) is 0 Å². The van der Waals surface area contributed by atoms with Crippen LogP contribution in [0.15, 0.2) is 76.3 Å². The molecule has 36 heavy (non-hydrogen) atoms. The molecular formula is C27H26N4O5. The second kappa shape index (κ2) is 10.1. The van der Waals surface area contributed by atoms with E-state index in [2.05, 4.69) is 4.98 Å². The molecule has 1 aromatic carbocycles. The van der Waals surface area contributed by atoms with E-state index < -0.39 is 11.5 Å². The molecule has 5 rings (SSSR count). The molecule has 4 aromatic rings. The van der Waals surface area contributed by atoms with Crippen molar-refractivity contribution in [2.75, 3.05) is 37.7 Å². The van der Waals surface area contributed by atoms with Crippen molar-refractivity contribution in [3.05, 3.63) is 94.3 Å². The summed E-state index contributed by atoms with van der Waals surface area (Å²) in [6.07, 6.45) is 3.11. The zero-order chi connectivity index (χ0) is 25.1. The summed E-state index contributed by atoms with van der Waals surface area (Å²) < 4.78 is 12.1. The molecule has 0 unspecified atom stereocenters. The fourth-order valence-corrected chi connectivity index (χ4v) is 4.58. The molecular weight excluding hydrogens is 460 g/mol. The maximum Gasteiger partial charge on any atom is 0.345 e. The van der Waals surface area contributed by atoms with E-state index in [1.165, 1.54) is 10.8 Å². The van der Waals surface area contributed by atoms with Crippen LogP contribution in [0.1, 0.15) is 33.4 Å². The lowest BCUT2D eigenvalue weighted by molar-refractivity contribution is 0.0523. The van der Waals surface area contributed by atoms with E-state index >= 15 is 0 Å². The standard InChI is InChI=1S/C27H26N4O5/c1-2-35-27(34)22-23(29-13-15-30(16-14-29)25(32)21-11-7-17-36-21)20-10-6-12-28-24(20)31(26(22)33)18-19-8-4-3-5-9-19/h3-12,17H,2,13-16,18H2,1H3. The van der Waals surface area contributed by atoms with E-state index in [-0.39, 0.29) is 30.4 Å². The number of esters is 1. The third-order valence-electron chi connectivity index (χ3n) is 6.27. The van der Waals surface area contributed by atoms with Crippen LogP contribution in [-0.2, 0) is 11.3 Å². The molecule has 0 aliphatic carbocycles. The number of hydrogen-bond donors (Lipinski definition) is 0. The summed E-state index contributed by atoms with van der Waals surface area (Å²) in [4.78, 5) is 47.9. The topological polar surface area (TPSA) is 97.9 Å². The van der Waals surface area contributed by atoms with Crippen LogP contribution in [0.25, 0.3) is 11.0 Å². The van der Waals surface area contributed by atoms with Gasteiger partial charge in [0.05, 0.1) is 25.1 Å². The molecule has 1 amide bonds. The zero-order valence-corrected chi connectivity index (χ0v) is 19.9. The van der Waals surface area contributed by atoms with Crippen LogP contribution in [0.2, 0.25) is 0 Å². The third kappa shape index (κ3) is 4.35. The number of amides is 1. The van der Waals surface area contributed by atoms with Gasteiger partial charge in [-0.2, -0.15) is 0 Å². The smallest absolute Gasteiger partial charge is 0.345 e. The van der Waals surface area contributed by atoms with Crippen LogP contribution in [0.4, 0.5) is 5.69 Å². The van der Waals surface area contributed by atoms with Crippen LogP contribution < -0.4 is 10.5 Å². The van der Waals surface area contributed by atoms with Crippen molar-refractivity contribution in [3.8, 4) is 0 Å². The average Bonchev–Trinajstić information content (AvgIpc) is 3.45. The first kappa shape index (κ1) is 23.3. The van der Waals surface area contributed by atoms with Gasteiger partial charge in [-0.25, -0.2) is 9.78 Å². The second-order valence-electron chi connectivity index (χ2n) is 8.45. The SMILES string of the molecule is CCOC(=O)c1c(N2CCN(C(=O)c3ccco3)CC2)c2cccnc2n(Cc2ccccc2)c1=O. The number of furan rings is 1. The quantitative estimate of drug-likeness (QED) is 0.386. The van der Waals surface area contributed by atoms with Gasteiger partial charge in [-0.05, 0) is 36.8 Å². The van der Waals surface area contributed by atoms with E-state index in [1.807, 2.05) is 41.3 Å². The largest absolute Gasteiger partial charge is 0.462 e. The first-order valence-corrected chi connectivity index (χ1v) is 11.9. The Hall–Kier alpha value is -4.40. The van der Waals surface area contributed by atoms with E-state index in [1.54, 1.807) is 36.2 Å². The van der Waals surface area contributed by atoms with E-state index in [0.717, 1.165) is 5.56 Å². The number of hydrogen-bond acceptors (Lipinski definition) is 7. The number of piperazine rings is 1. The van der Waals surface area contributed by atoms with Crippen molar-refractivity contribution >= 4 is 28.6 Å². The molecule has 184 valence electrons. The second-order valence-corrected chi connectivity index (χ2v) is 8.45. The van der Waals surface area contributed by atoms with E-state index in [0.29, 0.717) is 42.9 Å². The normalized spacial score (nSPS) is 13.7. The highest BCUT2D eigenvalue weighted by atomic mass is 16.5. The highest BCUT2D eigenvalue weighted by Gasteiger charge is 2.31. The monoisotopic (exact) mass is 486 g/mol. The Morgan fingerprint density at radius 2 is 1.78 bits per heavy atom. The van der Waals surface area contributed by atoms with Crippen LogP contribution in [0, 0.1) is 0 Å². The summed E-state index contributed by atoms with van der Waals surface area (Å²) in [7, 11) is 0. The van der Waals surface area contributed by atoms with Gasteiger partial charge in [-0.3, -0.25) is 14.2 Å². The lowest BCUT2D eigenvalue weighted by Gasteiger charge is -2.37. The Kier molecular flexibility index (Phi) is 6.53. The van der Waals surface area contributed by atoms with Crippen molar-refractivity contribution < 1.29 is 18.7 Å². The summed E-state index contributed by atoms with van der Waals surface area (Å²) in [6.45, 7) is 3.82. The Morgan fingerprint density at radius 1 is 1.00 bits per heavy atom. The lowest BCUT2D eigenvalue weighted by Crippen LogP contribution is -2.49. The first-order valence-electron chi connectivity index (χ1n) is 11.9. The fraction of sp³-hybridized carbons (Fsp3) is 0.259. The number of ether oxygens (including phenoxy) is 1. The number of rotatable bonds is 6. The van der Waals surface area contributed by atoms with Gasteiger partial charge in [0.2, 0.25) is 0 Å². The molecule has 1 aliphatic heterocycles. The summed E-state index contributed by atoms with van der Waals surface area (Å²) >= 11 is 0. The van der Waals surface area contributed by atoms with Gasteiger partial charge in [0.25, 0.3) is 11.5 Å². The fourth-order valence-electron chi connectivity index (χ4n) is 4.58. The number of carbonyl (C=O) groups excluding carboxylic acids is 2. The number of nitrogens with zero attached hydrogens (tertiary/aromatic N) is 4. The van der Waals surface area contributed by atoms with Crippen LogP contribution in [0.5, 0.6) is 0 Å². The molecule has 0 atom stereocenters. The van der Waals surface area contributed by atoms with E-state index in [9.17, 15) is 14.4 Å². The van der Waals surface area contributed by atoms with Gasteiger partial charge in [0, 0.05) is 37.8 Å². The predicted octanol–water partition coefficient (Wildman–Crippen LogP) is 3.18. The van der Waals surface area contributed by atoms with Gasteiger partial charge in [-0.1, -0.05) is 30.3 Å². The minimum atomic E-state index is -0.667. The summed E-state index contributed by atoms with van der Waals surface area (Å²) in [5.41, 5.74) is 1.44. The number of anilines is 1. The van der Waals surface area contributed by atoms with Gasteiger partial charge >= 0.3 is 5.97 Å². The molecule has 3 aromatic heterocycles. The molecule has 1 aliphatic rings. The molecule has 9 nitrogen and oxygen atoms in total. The maximum absolute atomic E-state index is 13.8. The Balaban J connectivity index is 1.57. The van der Waals surface area contributed by atoms with E-state index in [4.69, 9.17) is 9.15 Å². The highest BCUT2D eigenvalue weighted by molar-refractivity contribution is 6.04. The summed E-state index contributed by atoms with van der Waals surface area (Å²) in [6, 6.07) is 16.5. The summed E-state index contributed by atoms with van der Waals surface area (Å²) in [5.74, 6) is -0.567. The van der Waals surface area contributed by atoms with Crippen molar-refractivity contribution in [3.63, 3.8) is 0 Å². The Morgan fingerprint density at radius 3 is 2.47 bits per heavy atom. The summed E-state index contributed by atoms with van der Waals surface area (Å²) in [5, 5.41) is 0.682. The molecule has 1 saturated heterocycles. The Labute approximate surface area is 207 Å². The minimum Gasteiger partial charge on any atom is -0.462 e. The maximum atomic E-state index is 13.8. The van der Waals surface area contributed by atoms with Gasteiger partial charge in [0.15, 0.2) is 5.76 Å². The number of carbonyl (C=O) groups is 2. The minimum absolute atomic E-state index is 0.0147. The van der Waals surface area contributed by atoms with Gasteiger partial charge in [-0.15, -0.1) is 0 Å². The van der Waals surface area contributed by atoms with Gasteiger partial charge in [0.1, 0.15) is 11.2 Å². The van der Waals surface area contributed by atoms with Crippen molar-refractivity contribution in [2.45, 2.75) is 13.5 Å². The predicted molar refractivity (Wildman–Crippen MR) is 134 cm³/mol. The molecule has 1 fully saturated rings. The first-order chi connectivity index (χ1) is 17.6. The van der Waals surface area contributed by atoms with Crippen LogP contribution in [-0.4, -0.2) is 59.1 Å². The molecule has 0 bridgehead atoms. The molecule has 4 heterocycles. The highest BCUT2D eigenvalue weighted by Crippen LogP contribution is 2.30. The number of fused-ring (bicyclic) bond motifs is 1. The number of pyridine rings is 2.